The Balaban J connectivity index is 1.46. The Morgan fingerprint density at radius 1 is 1.26 bits per heavy atom. The van der Waals surface area contributed by atoms with Gasteiger partial charge in [-0.1, -0.05) is 12.8 Å². The maximum absolute atomic E-state index is 12.1. The van der Waals surface area contributed by atoms with Crippen LogP contribution in [0.4, 0.5) is 5.82 Å². The van der Waals surface area contributed by atoms with Crippen molar-refractivity contribution in [3.63, 3.8) is 0 Å². The van der Waals surface area contributed by atoms with Crippen molar-refractivity contribution in [2.45, 2.75) is 57.5 Å². The third kappa shape index (κ3) is 3.04. The summed E-state index contributed by atoms with van der Waals surface area (Å²) in [7, 11) is 0. The van der Waals surface area contributed by atoms with E-state index in [9.17, 15) is 4.79 Å². The van der Waals surface area contributed by atoms with E-state index in [1.54, 1.807) is 6.33 Å². The van der Waals surface area contributed by atoms with Gasteiger partial charge in [-0.05, 0) is 44.6 Å². The third-order valence-electron chi connectivity index (χ3n) is 7.09. The molecule has 0 bridgehead atoms. The number of hydrogen-bond acceptors (Lipinski definition) is 5. The first kappa shape index (κ1) is 17.2. The average Bonchev–Trinajstić information content (AvgIpc) is 3.08. The minimum Gasteiger partial charge on any atom is -0.354 e. The second-order valence-corrected chi connectivity index (χ2v) is 9.01. The van der Waals surface area contributed by atoms with Crippen LogP contribution in [0.1, 0.15) is 45.4 Å². The van der Waals surface area contributed by atoms with Gasteiger partial charge in [-0.15, -0.1) is 0 Å². The van der Waals surface area contributed by atoms with Crippen LogP contribution in [0.2, 0.25) is 0 Å². The van der Waals surface area contributed by atoms with Gasteiger partial charge in [0.15, 0.2) is 0 Å². The van der Waals surface area contributed by atoms with Gasteiger partial charge >= 0.3 is 0 Å². The minimum atomic E-state index is 0.0811. The fourth-order valence-electron chi connectivity index (χ4n) is 5.41. The second kappa shape index (κ2) is 6.59. The maximum atomic E-state index is 12.1. The van der Waals surface area contributed by atoms with E-state index >= 15 is 0 Å². The smallest absolute Gasteiger partial charge is 0.142 e. The molecule has 3 aliphatic rings. The van der Waals surface area contributed by atoms with Gasteiger partial charge in [0.2, 0.25) is 0 Å². The van der Waals surface area contributed by atoms with Gasteiger partial charge in [-0.25, -0.2) is 9.97 Å². The molecule has 1 saturated heterocycles. The summed E-state index contributed by atoms with van der Waals surface area (Å²) in [5.41, 5.74) is 1.22. The topological polar surface area (TPSA) is 65.1 Å². The van der Waals surface area contributed by atoms with Crippen molar-refractivity contribution >= 4 is 23.1 Å². The highest BCUT2D eigenvalue weighted by Crippen LogP contribution is 2.50. The monoisotopic (exact) mass is 367 g/mol. The molecule has 1 N–H and O–H groups in total. The third-order valence-corrected chi connectivity index (χ3v) is 7.09. The van der Waals surface area contributed by atoms with Gasteiger partial charge in [0.05, 0.1) is 11.4 Å². The van der Waals surface area contributed by atoms with Crippen LogP contribution < -0.4 is 4.90 Å². The maximum Gasteiger partial charge on any atom is 0.142 e. The molecular weight excluding hydrogens is 338 g/mol. The molecule has 6 heteroatoms. The van der Waals surface area contributed by atoms with Gasteiger partial charge in [-0.3, -0.25) is 4.90 Å². The van der Waals surface area contributed by atoms with Crippen LogP contribution in [0.5, 0.6) is 0 Å². The fourth-order valence-corrected chi connectivity index (χ4v) is 5.41. The molecule has 0 aromatic carbocycles. The summed E-state index contributed by atoms with van der Waals surface area (Å²) in [6.07, 6.45) is 12.3. The number of fused-ring (bicyclic) bond motifs is 1. The van der Waals surface area contributed by atoms with Crippen molar-refractivity contribution in [1.82, 2.24) is 19.9 Å². The lowest BCUT2D eigenvalue weighted by molar-refractivity contribution is -0.115. The molecule has 1 aliphatic heterocycles. The largest absolute Gasteiger partial charge is 0.354 e. The van der Waals surface area contributed by atoms with Crippen molar-refractivity contribution in [1.29, 1.82) is 0 Å². The Morgan fingerprint density at radius 3 is 2.81 bits per heavy atom. The van der Waals surface area contributed by atoms with E-state index in [0.717, 1.165) is 36.5 Å². The number of carbonyl (C=O) groups is 1. The molecule has 27 heavy (non-hydrogen) atoms. The Bertz CT molecular complexity index is 823. The van der Waals surface area contributed by atoms with Crippen LogP contribution in [0.15, 0.2) is 18.6 Å². The molecule has 2 aromatic heterocycles. The van der Waals surface area contributed by atoms with E-state index in [-0.39, 0.29) is 6.04 Å². The molecule has 3 heterocycles. The molecule has 3 fully saturated rings. The predicted octanol–water partition coefficient (Wildman–Crippen LogP) is 3.01. The summed E-state index contributed by atoms with van der Waals surface area (Å²) in [5.74, 6) is 1.58. The Labute approximate surface area is 160 Å². The van der Waals surface area contributed by atoms with Crippen LogP contribution in [0.25, 0.3) is 11.0 Å². The summed E-state index contributed by atoms with van der Waals surface area (Å²) in [5, 5.41) is 1.09. The Hall–Kier alpha value is -1.95. The molecule has 2 atom stereocenters. The van der Waals surface area contributed by atoms with E-state index < -0.39 is 0 Å². The number of aromatic nitrogens is 3. The van der Waals surface area contributed by atoms with Crippen molar-refractivity contribution < 1.29 is 4.79 Å². The van der Waals surface area contributed by atoms with Crippen LogP contribution in [-0.2, 0) is 4.79 Å². The van der Waals surface area contributed by atoms with E-state index in [4.69, 9.17) is 0 Å². The van der Waals surface area contributed by atoms with Crippen LogP contribution in [0, 0.1) is 11.3 Å². The molecular formula is C21H29N5O. The number of carbonyl (C=O) groups excluding carboxylic acids is 1. The molecule has 2 unspecified atom stereocenters. The highest BCUT2D eigenvalue weighted by Gasteiger charge is 2.50. The fraction of sp³-hybridized carbons (Fsp3) is 0.667. The summed E-state index contributed by atoms with van der Waals surface area (Å²) >= 11 is 0. The van der Waals surface area contributed by atoms with Gasteiger partial charge in [0.1, 0.15) is 24.1 Å². The van der Waals surface area contributed by atoms with Crippen LogP contribution in [-0.4, -0.2) is 57.9 Å². The van der Waals surface area contributed by atoms with Gasteiger partial charge in [0, 0.05) is 37.3 Å². The standard InChI is InChI=1S/C21H29N5O/c1-15-10-25(20-17-6-9-22-19(17)23-14-24-20)12-21(7-8-21)13-26(15)18(11-27)16-4-2-3-5-16/h6,9,11,14-16,18H,2-5,7-8,10,12-13H2,1H3,(H,22,23,24). The SMILES string of the molecule is CC1CN(c2ncnc3[nH]ccc23)CC2(CC2)CN1C(C=O)C1CCCC1. The first-order valence-corrected chi connectivity index (χ1v) is 10.4. The average molecular weight is 367 g/mol. The molecule has 2 aliphatic carbocycles. The minimum absolute atomic E-state index is 0.0811. The van der Waals surface area contributed by atoms with Gasteiger partial charge in [0.25, 0.3) is 0 Å². The molecule has 1 spiro atoms. The summed E-state index contributed by atoms with van der Waals surface area (Å²) in [6.45, 7) is 5.28. The van der Waals surface area contributed by atoms with Gasteiger partial charge in [-0.2, -0.15) is 0 Å². The molecule has 5 rings (SSSR count). The summed E-state index contributed by atoms with van der Waals surface area (Å²) in [6, 6.07) is 2.49. The van der Waals surface area contributed by atoms with Crippen molar-refractivity contribution in [3.8, 4) is 0 Å². The molecule has 144 valence electrons. The molecule has 0 radical (unpaired) electrons. The van der Waals surface area contributed by atoms with Gasteiger partial charge < -0.3 is 14.7 Å². The zero-order chi connectivity index (χ0) is 18.4. The predicted molar refractivity (Wildman–Crippen MR) is 106 cm³/mol. The van der Waals surface area contributed by atoms with Crippen LogP contribution in [0.3, 0.4) is 0 Å². The number of H-pyrrole nitrogens is 1. The van der Waals surface area contributed by atoms with Crippen molar-refractivity contribution in [3.05, 3.63) is 18.6 Å². The summed E-state index contributed by atoms with van der Waals surface area (Å²) < 4.78 is 0. The Morgan fingerprint density at radius 2 is 2.07 bits per heavy atom. The summed E-state index contributed by atoms with van der Waals surface area (Å²) in [4.78, 5) is 29.3. The lowest BCUT2D eigenvalue weighted by Gasteiger charge is -2.37. The number of aromatic amines is 1. The van der Waals surface area contributed by atoms with E-state index in [1.165, 1.54) is 44.8 Å². The number of hydrogen-bond donors (Lipinski definition) is 1. The van der Waals surface area contributed by atoms with E-state index in [0.29, 0.717) is 17.4 Å². The number of aldehydes is 1. The van der Waals surface area contributed by atoms with Crippen LogP contribution >= 0.6 is 0 Å². The quantitative estimate of drug-likeness (QED) is 0.842. The molecule has 2 saturated carbocycles. The number of anilines is 1. The highest BCUT2D eigenvalue weighted by atomic mass is 16.1. The lowest BCUT2D eigenvalue weighted by Crippen LogP contribution is -2.49. The highest BCUT2D eigenvalue weighted by molar-refractivity contribution is 5.87. The lowest BCUT2D eigenvalue weighted by atomic mass is 9.95. The number of nitrogens with one attached hydrogen (secondary N) is 1. The van der Waals surface area contributed by atoms with E-state index in [2.05, 4.69) is 37.7 Å². The normalized spacial score (nSPS) is 27.1. The first-order valence-electron chi connectivity index (χ1n) is 10.4. The molecule has 0 amide bonds. The Kier molecular flexibility index (Phi) is 4.19. The van der Waals surface area contributed by atoms with Crippen molar-refractivity contribution in [2.24, 2.45) is 11.3 Å². The molecule has 6 nitrogen and oxygen atoms in total. The zero-order valence-electron chi connectivity index (χ0n) is 16.1. The first-order chi connectivity index (χ1) is 13.2. The van der Waals surface area contributed by atoms with E-state index in [1.807, 2.05) is 6.20 Å². The molecule has 2 aromatic rings. The number of rotatable bonds is 4. The zero-order valence-corrected chi connectivity index (χ0v) is 16.1. The number of nitrogens with zero attached hydrogens (tertiary/aromatic N) is 4. The second-order valence-electron chi connectivity index (χ2n) is 9.01. The van der Waals surface area contributed by atoms with Crippen molar-refractivity contribution in [2.75, 3.05) is 24.5 Å².